The molecule has 1 aliphatic carbocycles. The number of rotatable bonds is 3. The van der Waals surface area contributed by atoms with Crippen LogP contribution < -0.4 is 10.5 Å². The van der Waals surface area contributed by atoms with Gasteiger partial charge in [-0.15, -0.1) is 0 Å². The molecule has 1 aliphatic rings. The van der Waals surface area contributed by atoms with E-state index >= 15 is 0 Å². The summed E-state index contributed by atoms with van der Waals surface area (Å²) >= 11 is 0. The Kier molecular flexibility index (Phi) is 2.31. The zero-order chi connectivity index (χ0) is 11.1. The molecule has 1 saturated carbocycles. The van der Waals surface area contributed by atoms with E-state index in [1.165, 1.54) is 13.2 Å². The number of hydrogen-bond acceptors (Lipinski definition) is 3. The van der Waals surface area contributed by atoms with Gasteiger partial charge in [0.1, 0.15) is 0 Å². The molecule has 0 spiro atoms. The first kappa shape index (κ1) is 10.2. The summed E-state index contributed by atoms with van der Waals surface area (Å²) < 4.78 is 18.5. The minimum Gasteiger partial charge on any atom is -0.504 e. The van der Waals surface area contributed by atoms with E-state index < -0.39 is 5.82 Å². The largest absolute Gasteiger partial charge is 0.504 e. The molecule has 0 aromatic heterocycles. The lowest BCUT2D eigenvalue weighted by Gasteiger charge is -2.12. The molecule has 4 heteroatoms. The van der Waals surface area contributed by atoms with Crippen LogP contribution in [0.4, 0.5) is 4.39 Å². The van der Waals surface area contributed by atoms with Crippen LogP contribution >= 0.6 is 0 Å². The second-order valence-corrected chi connectivity index (χ2v) is 4.13. The Labute approximate surface area is 87.7 Å². The average molecular weight is 211 g/mol. The molecule has 0 amide bonds. The fraction of sp³-hybridized carbons (Fsp3) is 0.455. The topological polar surface area (TPSA) is 55.5 Å². The number of aromatic hydroxyl groups is 1. The molecular formula is C11H14FNO2. The molecule has 3 nitrogen and oxygen atoms in total. The van der Waals surface area contributed by atoms with Gasteiger partial charge in [-0.25, -0.2) is 4.39 Å². The molecule has 1 fully saturated rings. The van der Waals surface area contributed by atoms with Crippen LogP contribution in [0.2, 0.25) is 0 Å². The fourth-order valence-electron chi connectivity index (χ4n) is 1.63. The number of phenols is 1. The van der Waals surface area contributed by atoms with Gasteiger partial charge in [0, 0.05) is 5.54 Å². The first-order chi connectivity index (χ1) is 7.06. The molecule has 3 N–H and O–H groups in total. The summed E-state index contributed by atoms with van der Waals surface area (Å²) in [6, 6.07) is 2.99. The van der Waals surface area contributed by atoms with Crippen molar-refractivity contribution in [1.82, 2.24) is 0 Å². The maximum absolute atomic E-state index is 13.8. The van der Waals surface area contributed by atoms with Crippen molar-refractivity contribution >= 4 is 0 Å². The SMILES string of the molecule is COc1c(O)ccc(CC2(N)CC2)c1F. The highest BCUT2D eigenvalue weighted by Gasteiger charge is 2.39. The number of methoxy groups -OCH3 is 1. The molecule has 1 aromatic rings. The van der Waals surface area contributed by atoms with Crippen LogP contribution in [0.3, 0.4) is 0 Å². The minimum atomic E-state index is -0.505. The highest BCUT2D eigenvalue weighted by Crippen LogP contribution is 2.39. The number of hydrogen-bond donors (Lipinski definition) is 2. The summed E-state index contributed by atoms with van der Waals surface area (Å²) in [5.41, 5.74) is 6.16. The van der Waals surface area contributed by atoms with E-state index in [0.29, 0.717) is 12.0 Å². The van der Waals surface area contributed by atoms with Crippen molar-refractivity contribution in [2.45, 2.75) is 24.8 Å². The van der Waals surface area contributed by atoms with Crippen molar-refractivity contribution in [3.63, 3.8) is 0 Å². The molecule has 0 radical (unpaired) electrons. The van der Waals surface area contributed by atoms with Crippen molar-refractivity contribution in [1.29, 1.82) is 0 Å². The third-order valence-corrected chi connectivity index (χ3v) is 2.80. The van der Waals surface area contributed by atoms with Gasteiger partial charge in [-0.05, 0) is 30.9 Å². The summed E-state index contributed by atoms with van der Waals surface area (Å²) in [7, 11) is 1.33. The van der Waals surface area contributed by atoms with E-state index in [-0.39, 0.29) is 17.0 Å². The number of benzene rings is 1. The van der Waals surface area contributed by atoms with Crippen molar-refractivity contribution in [3.05, 3.63) is 23.5 Å². The van der Waals surface area contributed by atoms with Crippen molar-refractivity contribution in [2.75, 3.05) is 7.11 Å². The van der Waals surface area contributed by atoms with Gasteiger partial charge >= 0.3 is 0 Å². The first-order valence-electron chi connectivity index (χ1n) is 4.89. The van der Waals surface area contributed by atoms with E-state index in [2.05, 4.69) is 0 Å². The molecule has 15 heavy (non-hydrogen) atoms. The smallest absolute Gasteiger partial charge is 0.196 e. The van der Waals surface area contributed by atoms with Crippen LogP contribution in [-0.2, 0) is 6.42 Å². The van der Waals surface area contributed by atoms with Crippen molar-refractivity contribution in [2.24, 2.45) is 5.73 Å². The van der Waals surface area contributed by atoms with Crippen LogP contribution in [0.1, 0.15) is 18.4 Å². The monoisotopic (exact) mass is 211 g/mol. The second kappa shape index (κ2) is 3.38. The zero-order valence-electron chi connectivity index (χ0n) is 8.59. The van der Waals surface area contributed by atoms with E-state index in [4.69, 9.17) is 10.5 Å². The normalized spacial score (nSPS) is 17.5. The summed E-state index contributed by atoms with van der Waals surface area (Å²) in [5.74, 6) is -0.786. The second-order valence-electron chi connectivity index (χ2n) is 4.13. The molecule has 1 aromatic carbocycles. The Morgan fingerprint density at radius 1 is 1.53 bits per heavy atom. The van der Waals surface area contributed by atoms with Gasteiger partial charge in [0.2, 0.25) is 0 Å². The maximum Gasteiger partial charge on any atom is 0.196 e. The van der Waals surface area contributed by atoms with Gasteiger partial charge < -0.3 is 15.6 Å². The predicted molar refractivity (Wildman–Crippen MR) is 54.5 cm³/mol. The van der Waals surface area contributed by atoms with Crippen LogP contribution in [0.15, 0.2) is 12.1 Å². The summed E-state index contributed by atoms with van der Waals surface area (Å²) in [6.45, 7) is 0. The minimum absolute atomic E-state index is 0.100. The quantitative estimate of drug-likeness (QED) is 0.798. The van der Waals surface area contributed by atoms with Gasteiger partial charge in [-0.2, -0.15) is 0 Å². The van der Waals surface area contributed by atoms with Crippen molar-refractivity contribution < 1.29 is 14.2 Å². The van der Waals surface area contributed by atoms with Gasteiger partial charge in [0.25, 0.3) is 0 Å². The Morgan fingerprint density at radius 2 is 2.20 bits per heavy atom. The van der Waals surface area contributed by atoms with E-state index in [1.807, 2.05) is 0 Å². The van der Waals surface area contributed by atoms with Gasteiger partial charge in [0.05, 0.1) is 7.11 Å². The number of ether oxygens (including phenoxy) is 1. The molecule has 0 atom stereocenters. The Bertz CT molecular complexity index is 388. The molecule has 82 valence electrons. The van der Waals surface area contributed by atoms with Crippen molar-refractivity contribution in [3.8, 4) is 11.5 Å². The Balaban J connectivity index is 2.31. The summed E-state index contributed by atoms with van der Waals surface area (Å²) in [4.78, 5) is 0. The molecule has 0 aliphatic heterocycles. The lowest BCUT2D eigenvalue weighted by atomic mass is 10.0. The highest BCUT2D eigenvalue weighted by molar-refractivity contribution is 5.44. The zero-order valence-corrected chi connectivity index (χ0v) is 8.59. The predicted octanol–water partition coefficient (Wildman–Crippen LogP) is 1.57. The molecular weight excluding hydrogens is 197 g/mol. The van der Waals surface area contributed by atoms with Crippen LogP contribution in [0.25, 0.3) is 0 Å². The molecule has 2 rings (SSSR count). The molecule has 0 heterocycles. The lowest BCUT2D eigenvalue weighted by molar-refractivity contribution is 0.348. The number of phenolic OH excluding ortho intramolecular Hbond substituents is 1. The van der Waals surface area contributed by atoms with Gasteiger partial charge in [0.15, 0.2) is 17.3 Å². The van der Waals surface area contributed by atoms with Gasteiger partial charge in [-0.3, -0.25) is 0 Å². The summed E-state index contributed by atoms with van der Waals surface area (Å²) in [6.07, 6.45) is 2.35. The van der Waals surface area contributed by atoms with Crippen LogP contribution in [-0.4, -0.2) is 17.8 Å². The van der Waals surface area contributed by atoms with Crippen LogP contribution in [0, 0.1) is 5.82 Å². The fourth-order valence-corrected chi connectivity index (χ4v) is 1.63. The Hall–Kier alpha value is -1.29. The van der Waals surface area contributed by atoms with E-state index in [9.17, 15) is 9.50 Å². The molecule has 0 bridgehead atoms. The van der Waals surface area contributed by atoms with Crippen LogP contribution in [0.5, 0.6) is 11.5 Å². The summed E-state index contributed by atoms with van der Waals surface area (Å²) in [5, 5.41) is 9.33. The van der Waals surface area contributed by atoms with E-state index in [1.54, 1.807) is 6.07 Å². The highest BCUT2D eigenvalue weighted by atomic mass is 19.1. The third kappa shape index (κ3) is 1.90. The first-order valence-corrected chi connectivity index (χ1v) is 4.89. The molecule has 0 unspecified atom stereocenters. The van der Waals surface area contributed by atoms with E-state index in [0.717, 1.165) is 12.8 Å². The number of halogens is 1. The molecule has 0 saturated heterocycles. The Morgan fingerprint density at radius 3 is 2.73 bits per heavy atom. The number of nitrogens with two attached hydrogens (primary N) is 1. The van der Waals surface area contributed by atoms with Gasteiger partial charge in [-0.1, -0.05) is 6.07 Å². The third-order valence-electron chi connectivity index (χ3n) is 2.80. The average Bonchev–Trinajstić information content (AvgIpc) is 2.90. The maximum atomic E-state index is 13.8. The standard InChI is InChI=1S/C11H14FNO2/c1-15-10-8(14)3-2-7(9(10)12)6-11(13)4-5-11/h2-3,14H,4-6,13H2,1H3. The lowest BCUT2D eigenvalue weighted by Crippen LogP contribution is -2.25.